The molecule has 18 heavy (non-hydrogen) atoms. The van der Waals surface area contributed by atoms with Crippen molar-refractivity contribution in [1.82, 2.24) is 4.98 Å². The number of halogens is 2. The van der Waals surface area contributed by atoms with E-state index < -0.39 is 6.10 Å². The second-order valence-electron chi connectivity index (χ2n) is 3.78. The zero-order valence-electron chi connectivity index (χ0n) is 9.60. The van der Waals surface area contributed by atoms with Crippen LogP contribution in [0, 0.1) is 0 Å². The molecular weight excluding hydrogens is 378 g/mol. The second kappa shape index (κ2) is 6.19. The monoisotopic (exact) mass is 387 g/mol. The van der Waals surface area contributed by atoms with Gasteiger partial charge in [0.15, 0.2) is 0 Å². The van der Waals surface area contributed by atoms with Crippen LogP contribution in [-0.4, -0.2) is 10.1 Å². The summed E-state index contributed by atoms with van der Waals surface area (Å²) in [7, 11) is 0. The standard InChI is InChI=1S/C13H11Br2NOS/c1-8(17)9-2-4-12(11(15)6-9)18-13-5-3-10(14)7-16-13/h2-8,17H,1H3/t8-/m0/s1. The topological polar surface area (TPSA) is 33.1 Å². The van der Waals surface area contributed by atoms with E-state index in [-0.39, 0.29) is 0 Å². The highest BCUT2D eigenvalue weighted by Crippen LogP contribution is 2.34. The maximum absolute atomic E-state index is 9.51. The maximum Gasteiger partial charge on any atom is 0.101 e. The minimum Gasteiger partial charge on any atom is -0.389 e. The van der Waals surface area contributed by atoms with Gasteiger partial charge in [-0.25, -0.2) is 4.98 Å². The average Bonchev–Trinajstić information content (AvgIpc) is 2.34. The van der Waals surface area contributed by atoms with Crippen LogP contribution in [0.2, 0.25) is 0 Å². The zero-order chi connectivity index (χ0) is 13.1. The van der Waals surface area contributed by atoms with Gasteiger partial charge in [-0.3, -0.25) is 0 Å². The summed E-state index contributed by atoms with van der Waals surface area (Å²) in [5.74, 6) is 0. The van der Waals surface area contributed by atoms with Crippen molar-refractivity contribution in [3.63, 3.8) is 0 Å². The first kappa shape index (κ1) is 14.1. The van der Waals surface area contributed by atoms with E-state index in [0.717, 1.165) is 24.4 Å². The SMILES string of the molecule is C[C@H](O)c1ccc(Sc2ccc(Br)cn2)c(Br)c1. The summed E-state index contributed by atoms with van der Waals surface area (Å²) in [4.78, 5) is 5.40. The molecule has 0 saturated carbocycles. The van der Waals surface area contributed by atoms with Crippen molar-refractivity contribution in [3.05, 3.63) is 51.0 Å². The number of nitrogens with zero attached hydrogens (tertiary/aromatic N) is 1. The Bertz CT molecular complexity index is 543. The fourth-order valence-electron chi connectivity index (χ4n) is 1.40. The van der Waals surface area contributed by atoms with Gasteiger partial charge in [0.25, 0.3) is 0 Å². The van der Waals surface area contributed by atoms with Gasteiger partial charge in [-0.05, 0) is 68.6 Å². The van der Waals surface area contributed by atoms with Crippen molar-refractivity contribution in [1.29, 1.82) is 0 Å². The summed E-state index contributed by atoms with van der Waals surface area (Å²) >= 11 is 8.46. The lowest BCUT2D eigenvalue weighted by Gasteiger charge is -2.08. The third-order valence-corrected chi connectivity index (χ3v) is 4.77. The summed E-state index contributed by atoms with van der Waals surface area (Å²) in [6.45, 7) is 1.75. The molecule has 1 aromatic heterocycles. The fourth-order valence-corrected chi connectivity index (χ4v) is 3.03. The Morgan fingerprint density at radius 3 is 2.56 bits per heavy atom. The Labute approximate surface area is 127 Å². The third-order valence-electron chi connectivity index (χ3n) is 2.35. The number of pyridine rings is 1. The normalized spacial score (nSPS) is 12.4. The van der Waals surface area contributed by atoms with Crippen LogP contribution < -0.4 is 0 Å². The van der Waals surface area contributed by atoms with Gasteiger partial charge in [0.05, 0.1) is 6.10 Å². The summed E-state index contributed by atoms with van der Waals surface area (Å²) in [5.41, 5.74) is 0.898. The Morgan fingerprint density at radius 1 is 1.22 bits per heavy atom. The number of aliphatic hydroxyl groups excluding tert-OH is 1. The molecule has 1 N–H and O–H groups in total. The van der Waals surface area contributed by atoms with Crippen LogP contribution in [0.5, 0.6) is 0 Å². The smallest absolute Gasteiger partial charge is 0.101 e. The maximum atomic E-state index is 9.51. The van der Waals surface area contributed by atoms with Gasteiger partial charge in [0.2, 0.25) is 0 Å². The minimum absolute atomic E-state index is 0.453. The molecule has 0 aliphatic heterocycles. The first-order valence-electron chi connectivity index (χ1n) is 5.33. The van der Waals surface area contributed by atoms with Crippen LogP contribution in [-0.2, 0) is 0 Å². The predicted octanol–water partition coefficient (Wildman–Crippen LogP) is 4.81. The summed E-state index contributed by atoms with van der Waals surface area (Å²) in [6.07, 6.45) is 1.33. The van der Waals surface area contributed by atoms with Crippen LogP contribution in [0.1, 0.15) is 18.6 Å². The Kier molecular flexibility index (Phi) is 4.84. The molecule has 1 heterocycles. The molecule has 0 fully saturated rings. The van der Waals surface area contributed by atoms with Crippen LogP contribution in [0.3, 0.4) is 0 Å². The van der Waals surface area contributed by atoms with Crippen LogP contribution in [0.25, 0.3) is 0 Å². The third kappa shape index (κ3) is 3.57. The van der Waals surface area contributed by atoms with E-state index in [0.29, 0.717) is 0 Å². The van der Waals surface area contributed by atoms with E-state index in [1.165, 1.54) is 0 Å². The molecule has 2 nitrogen and oxygen atoms in total. The highest BCUT2D eigenvalue weighted by Gasteiger charge is 2.07. The Morgan fingerprint density at radius 2 is 2.00 bits per heavy atom. The highest BCUT2D eigenvalue weighted by molar-refractivity contribution is 9.10. The van der Waals surface area contributed by atoms with Crippen molar-refractivity contribution in [2.75, 3.05) is 0 Å². The summed E-state index contributed by atoms with van der Waals surface area (Å²) < 4.78 is 1.94. The lowest BCUT2D eigenvalue weighted by atomic mass is 10.1. The van der Waals surface area contributed by atoms with Gasteiger partial charge in [0.1, 0.15) is 5.03 Å². The van der Waals surface area contributed by atoms with E-state index in [1.807, 2.05) is 30.3 Å². The highest BCUT2D eigenvalue weighted by atomic mass is 79.9. The minimum atomic E-state index is -0.453. The molecule has 0 amide bonds. The van der Waals surface area contributed by atoms with Crippen molar-refractivity contribution >= 4 is 43.6 Å². The summed E-state index contributed by atoms with van der Waals surface area (Å²) in [6, 6.07) is 9.78. The number of aromatic nitrogens is 1. The lowest BCUT2D eigenvalue weighted by molar-refractivity contribution is 0.199. The molecule has 94 valence electrons. The largest absolute Gasteiger partial charge is 0.389 e. The van der Waals surface area contributed by atoms with E-state index in [1.54, 1.807) is 24.9 Å². The van der Waals surface area contributed by atoms with E-state index in [4.69, 9.17) is 0 Å². The number of hydrogen-bond donors (Lipinski definition) is 1. The van der Waals surface area contributed by atoms with Gasteiger partial charge in [0, 0.05) is 20.0 Å². The van der Waals surface area contributed by atoms with E-state index in [2.05, 4.69) is 36.8 Å². The van der Waals surface area contributed by atoms with Gasteiger partial charge in [-0.1, -0.05) is 17.8 Å². The predicted molar refractivity (Wildman–Crippen MR) is 80.8 cm³/mol. The molecule has 0 aliphatic rings. The lowest BCUT2D eigenvalue weighted by Crippen LogP contribution is -1.91. The van der Waals surface area contributed by atoms with Gasteiger partial charge < -0.3 is 5.11 Å². The first-order valence-corrected chi connectivity index (χ1v) is 7.73. The van der Waals surface area contributed by atoms with Crippen LogP contribution in [0.15, 0.2) is 55.4 Å². The molecule has 0 bridgehead atoms. The van der Waals surface area contributed by atoms with Crippen molar-refractivity contribution in [2.24, 2.45) is 0 Å². The van der Waals surface area contributed by atoms with E-state index in [9.17, 15) is 5.11 Å². The number of aliphatic hydroxyl groups is 1. The summed E-state index contributed by atoms with van der Waals surface area (Å²) in [5, 5.41) is 10.4. The molecule has 0 unspecified atom stereocenters. The molecule has 0 saturated heterocycles. The molecule has 5 heteroatoms. The van der Waals surface area contributed by atoms with Crippen molar-refractivity contribution < 1.29 is 5.11 Å². The first-order chi connectivity index (χ1) is 8.56. The number of benzene rings is 1. The molecule has 2 aromatic rings. The van der Waals surface area contributed by atoms with Gasteiger partial charge in [-0.2, -0.15) is 0 Å². The molecule has 1 atom stereocenters. The van der Waals surface area contributed by atoms with Crippen molar-refractivity contribution in [3.8, 4) is 0 Å². The van der Waals surface area contributed by atoms with Crippen LogP contribution in [0.4, 0.5) is 0 Å². The second-order valence-corrected chi connectivity index (χ2v) is 6.61. The zero-order valence-corrected chi connectivity index (χ0v) is 13.6. The molecule has 0 radical (unpaired) electrons. The number of hydrogen-bond acceptors (Lipinski definition) is 3. The van der Waals surface area contributed by atoms with Gasteiger partial charge >= 0.3 is 0 Å². The van der Waals surface area contributed by atoms with Crippen LogP contribution >= 0.6 is 43.6 Å². The molecule has 2 rings (SSSR count). The Balaban J connectivity index is 2.22. The van der Waals surface area contributed by atoms with Gasteiger partial charge in [-0.15, -0.1) is 0 Å². The average molecular weight is 389 g/mol. The van der Waals surface area contributed by atoms with E-state index >= 15 is 0 Å². The molecule has 1 aromatic carbocycles. The number of rotatable bonds is 3. The molecular formula is C13H11Br2NOS. The quantitative estimate of drug-likeness (QED) is 0.818. The Hall–Kier alpha value is -0.360. The molecule has 0 spiro atoms. The fraction of sp³-hybridized carbons (Fsp3) is 0.154. The van der Waals surface area contributed by atoms with Crippen molar-refractivity contribution in [2.45, 2.75) is 22.9 Å². The molecule has 0 aliphatic carbocycles.